The third-order valence-electron chi connectivity index (χ3n) is 5.79. The van der Waals surface area contributed by atoms with Crippen molar-refractivity contribution in [2.75, 3.05) is 63.0 Å². The van der Waals surface area contributed by atoms with Gasteiger partial charge in [0.25, 0.3) is 0 Å². The first kappa shape index (κ1) is 20.8. The Morgan fingerprint density at radius 2 is 1.30 bits per heavy atom. The first-order valence-electron chi connectivity index (χ1n) is 10.6. The van der Waals surface area contributed by atoms with Crippen LogP contribution >= 0.6 is 0 Å². The van der Waals surface area contributed by atoms with Crippen LogP contribution < -0.4 is 29.7 Å². The third-order valence-corrected chi connectivity index (χ3v) is 5.79. The van der Waals surface area contributed by atoms with Gasteiger partial charge in [0.2, 0.25) is 17.6 Å². The van der Waals surface area contributed by atoms with Crippen LogP contribution in [-0.4, -0.2) is 67.4 Å². The first-order valence-corrected chi connectivity index (χ1v) is 10.6. The molecule has 0 amide bonds. The molecule has 1 aromatic carbocycles. The second kappa shape index (κ2) is 8.45. The Kier molecular flexibility index (Phi) is 5.33. The minimum Gasteiger partial charge on any atom is -0.493 e. The molecular formula is C23H25N7O3. The summed E-state index contributed by atoms with van der Waals surface area (Å²) in [5.74, 6) is 3.07. The zero-order chi connectivity index (χ0) is 22.9. The Labute approximate surface area is 191 Å². The fourth-order valence-corrected chi connectivity index (χ4v) is 4.12. The number of piperazine rings is 1. The minimum atomic E-state index is 0.328. The van der Waals surface area contributed by atoms with Gasteiger partial charge in [-0.15, -0.1) is 0 Å². The molecule has 33 heavy (non-hydrogen) atoms. The number of ether oxygens (including phenoxy) is 3. The van der Waals surface area contributed by atoms with Crippen molar-refractivity contribution >= 4 is 28.6 Å². The van der Waals surface area contributed by atoms with Crippen molar-refractivity contribution in [2.45, 2.75) is 0 Å². The Hall–Kier alpha value is -4.08. The summed E-state index contributed by atoms with van der Waals surface area (Å²) in [5, 5.41) is 0.600. The standard InChI is InChI=1S/C23H25N7O3/c1-31-17-13-16-18(20(33-3)19(17)32-2)21(24)28-23(27-16)30-11-9-29(10-12-30)22-25-14-7-5-4-6-8-15(14)26-22/h4-8,13H,9-12H2,1-3H3,(H2,24,27,28). The van der Waals surface area contributed by atoms with Crippen molar-refractivity contribution in [3.05, 3.63) is 36.4 Å². The van der Waals surface area contributed by atoms with Crippen molar-refractivity contribution < 1.29 is 14.2 Å². The van der Waals surface area contributed by atoms with Gasteiger partial charge in [-0.2, -0.15) is 4.98 Å². The fraction of sp³-hybridized carbons (Fsp3) is 0.304. The van der Waals surface area contributed by atoms with E-state index in [-0.39, 0.29) is 0 Å². The van der Waals surface area contributed by atoms with E-state index in [0.29, 0.717) is 53.0 Å². The largest absolute Gasteiger partial charge is 0.493 e. The number of imidazole rings is 1. The van der Waals surface area contributed by atoms with Crippen molar-refractivity contribution in [3.8, 4) is 28.6 Å². The Balaban J connectivity index is 1.42. The third kappa shape index (κ3) is 3.63. The molecule has 0 atom stereocenters. The molecule has 2 N–H and O–H groups in total. The maximum atomic E-state index is 6.34. The van der Waals surface area contributed by atoms with Crippen molar-refractivity contribution in [1.82, 2.24) is 19.9 Å². The van der Waals surface area contributed by atoms with Crippen LogP contribution in [0.25, 0.3) is 22.3 Å². The van der Waals surface area contributed by atoms with E-state index in [9.17, 15) is 0 Å². The first-order chi connectivity index (χ1) is 16.1. The van der Waals surface area contributed by atoms with Crippen LogP contribution in [-0.2, 0) is 0 Å². The second-order valence-corrected chi connectivity index (χ2v) is 7.63. The predicted octanol–water partition coefficient (Wildman–Crippen LogP) is 2.46. The molecule has 0 radical (unpaired) electrons. The molecule has 3 heterocycles. The molecule has 1 fully saturated rings. The van der Waals surface area contributed by atoms with E-state index in [4.69, 9.17) is 24.9 Å². The molecule has 0 spiro atoms. The van der Waals surface area contributed by atoms with E-state index in [0.717, 1.165) is 30.4 Å². The van der Waals surface area contributed by atoms with Gasteiger partial charge in [0, 0.05) is 32.2 Å². The smallest absolute Gasteiger partial charge is 0.228 e. The van der Waals surface area contributed by atoms with Gasteiger partial charge in [-0.05, 0) is 12.1 Å². The van der Waals surface area contributed by atoms with E-state index in [2.05, 4.69) is 24.8 Å². The molecule has 170 valence electrons. The highest BCUT2D eigenvalue weighted by molar-refractivity contribution is 5.98. The van der Waals surface area contributed by atoms with Crippen molar-refractivity contribution in [3.63, 3.8) is 0 Å². The minimum absolute atomic E-state index is 0.328. The van der Waals surface area contributed by atoms with Gasteiger partial charge in [0.15, 0.2) is 11.5 Å². The van der Waals surface area contributed by atoms with Gasteiger partial charge < -0.3 is 29.7 Å². The van der Waals surface area contributed by atoms with Crippen LogP contribution in [0.5, 0.6) is 17.2 Å². The van der Waals surface area contributed by atoms with E-state index in [1.165, 1.54) is 0 Å². The van der Waals surface area contributed by atoms with Gasteiger partial charge in [0.05, 0.1) is 43.6 Å². The molecule has 3 aliphatic rings. The van der Waals surface area contributed by atoms with Crippen LogP contribution in [0.3, 0.4) is 0 Å². The fourth-order valence-electron chi connectivity index (χ4n) is 4.12. The number of rotatable bonds is 5. The quantitative estimate of drug-likeness (QED) is 0.490. The lowest BCUT2D eigenvalue weighted by molar-refractivity contribution is 0.327. The molecule has 0 bridgehead atoms. The lowest BCUT2D eigenvalue weighted by Crippen LogP contribution is -2.47. The lowest BCUT2D eigenvalue weighted by atomic mass is 10.1. The monoisotopic (exact) mass is 447 g/mol. The van der Waals surface area contributed by atoms with E-state index < -0.39 is 0 Å². The number of aromatic nitrogens is 4. The SMILES string of the molecule is COc1cc2nc(N3CCN(c4nc5cccccc-5n4)CC3)nc(N)c2c(OC)c1OC. The number of anilines is 3. The van der Waals surface area contributed by atoms with E-state index in [1.807, 2.05) is 30.3 Å². The molecule has 0 saturated carbocycles. The molecule has 1 aromatic heterocycles. The number of nitrogens with zero attached hydrogens (tertiary/aromatic N) is 6. The number of methoxy groups -OCH3 is 3. The number of nitrogens with two attached hydrogens (primary N) is 1. The molecule has 1 saturated heterocycles. The second-order valence-electron chi connectivity index (χ2n) is 7.63. The summed E-state index contributed by atoms with van der Waals surface area (Å²) >= 11 is 0. The van der Waals surface area contributed by atoms with Crippen molar-refractivity contribution in [2.24, 2.45) is 0 Å². The van der Waals surface area contributed by atoms with E-state index in [1.54, 1.807) is 27.4 Å². The summed E-state index contributed by atoms with van der Waals surface area (Å²) in [6.45, 7) is 2.93. The zero-order valence-corrected chi connectivity index (χ0v) is 18.8. The number of hydrogen-bond acceptors (Lipinski definition) is 10. The normalized spacial score (nSPS) is 14.0. The molecule has 1 aliphatic carbocycles. The average Bonchev–Trinajstić information content (AvgIpc) is 3.12. The predicted molar refractivity (Wildman–Crippen MR) is 127 cm³/mol. The maximum Gasteiger partial charge on any atom is 0.228 e. The highest BCUT2D eigenvalue weighted by Gasteiger charge is 2.25. The summed E-state index contributed by atoms with van der Waals surface area (Å²) in [5.41, 5.74) is 8.75. The Morgan fingerprint density at radius 1 is 0.727 bits per heavy atom. The Morgan fingerprint density at radius 3 is 1.85 bits per heavy atom. The summed E-state index contributed by atoms with van der Waals surface area (Å²) in [6.07, 6.45) is 0. The highest BCUT2D eigenvalue weighted by Crippen LogP contribution is 2.44. The summed E-state index contributed by atoms with van der Waals surface area (Å²) in [7, 11) is 4.68. The van der Waals surface area contributed by atoms with Crippen LogP contribution in [0.2, 0.25) is 0 Å². The lowest BCUT2D eigenvalue weighted by Gasteiger charge is -2.34. The van der Waals surface area contributed by atoms with Crippen LogP contribution in [0, 0.1) is 0 Å². The number of benzene rings is 1. The highest BCUT2D eigenvalue weighted by atomic mass is 16.5. The topological polar surface area (TPSA) is 112 Å². The molecule has 2 aliphatic heterocycles. The van der Waals surface area contributed by atoms with E-state index >= 15 is 0 Å². The summed E-state index contributed by atoms with van der Waals surface area (Å²) in [6, 6.07) is 11.7. The van der Waals surface area contributed by atoms with Gasteiger partial charge >= 0.3 is 0 Å². The number of nitrogen functional groups attached to an aromatic ring is 1. The average molecular weight is 447 g/mol. The number of hydrogen-bond donors (Lipinski definition) is 1. The molecule has 10 nitrogen and oxygen atoms in total. The van der Waals surface area contributed by atoms with Gasteiger partial charge in [-0.3, -0.25) is 0 Å². The van der Waals surface area contributed by atoms with Crippen LogP contribution in [0.15, 0.2) is 36.4 Å². The molecule has 0 unspecified atom stereocenters. The zero-order valence-electron chi connectivity index (χ0n) is 18.8. The van der Waals surface area contributed by atoms with Gasteiger partial charge in [-0.25, -0.2) is 15.0 Å². The molecule has 2 aromatic rings. The van der Waals surface area contributed by atoms with Gasteiger partial charge in [-0.1, -0.05) is 18.2 Å². The summed E-state index contributed by atoms with van der Waals surface area (Å²) in [4.78, 5) is 23.0. The van der Waals surface area contributed by atoms with Gasteiger partial charge in [0.1, 0.15) is 5.82 Å². The Bertz CT molecular complexity index is 1240. The van der Waals surface area contributed by atoms with Crippen LogP contribution in [0.1, 0.15) is 0 Å². The molecular weight excluding hydrogens is 422 g/mol. The van der Waals surface area contributed by atoms with Crippen LogP contribution in [0.4, 0.5) is 17.7 Å². The maximum absolute atomic E-state index is 6.34. The molecule has 5 rings (SSSR count). The van der Waals surface area contributed by atoms with Crippen molar-refractivity contribution in [1.29, 1.82) is 0 Å². The molecule has 10 heteroatoms. The summed E-state index contributed by atoms with van der Waals surface area (Å²) < 4.78 is 16.5. The number of fused-ring (bicyclic) bond motifs is 2.